The molecule has 0 saturated carbocycles. The number of aryl methyl sites for hydroxylation is 2. The van der Waals surface area contributed by atoms with E-state index in [1.165, 1.54) is 36.1 Å². The Labute approximate surface area is 159 Å². The zero-order valence-corrected chi connectivity index (χ0v) is 16.5. The topological polar surface area (TPSA) is 67.1 Å². The average molecular weight is 382 g/mol. The molecule has 1 aliphatic heterocycles. The van der Waals surface area contributed by atoms with Gasteiger partial charge in [0.25, 0.3) is 0 Å². The Morgan fingerprint density at radius 3 is 2.88 bits per heavy atom. The number of nitrogens with zero attached hydrogens (tertiary/aromatic N) is 3. The lowest BCUT2D eigenvalue weighted by Crippen LogP contribution is -2.37. The molecule has 1 unspecified atom stereocenters. The third-order valence-corrected chi connectivity index (χ3v) is 6.48. The third kappa shape index (κ3) is 3.77. The number of aromatic nitrogens is 2. The number of nitrogens with two attached hydrogens (primary N) is 1. The molecule has 2 aromatic rings. The largest absolute Gasteiger partial charge is 0.383 e. The van der Waals surface area contributed by atoms with Crippen LogP contribution in [0.3, 0.4) is 0 Å². The molecule has 3 N–H and O–H groups in total. The van der Waals surface area contributed by atoms with E-state index in [0.717, 1.165) is 55.1 Å². The maximum Gasteiger partial charge on any atom is 0.146 e. The zero-order chi connectivity index (χ0) is 16.5. The van der Waals surface area contributed by atoms with Crippen LogP contribution in [0.4, 0.5) is 5.82 Å². The Morgan fingerprint density at radius 1 is 1.28 bits per heavy atom. The molecule has 3 heterocycles. The molecule has 0 radical (unpaired) electrons. The summed E-state index contributed by atoms with van der Waals surface area (Å²) in [6.07, 6.45) is 7.24. The molecular weight excluding hydrogens is 354 g/mol. The van der Waals surface area contributed by atoms with Crippen molar-refractivity contribution in [2.75, 3.05) is 25.4 Å². The lowest BCUT2D eigenvalue weighted by Gasteiger charge is -2.27. The van der Waals surface area contributed by atoms with Crippen LogP contribution in [0, 0.1) is 0 Å². The quantitative estimate of drug-likeness (QED) is 0.832. The Hall–Kier alpha value is -0.950. The number of nitrogen functional groups attached to an aromatic ring is 1. The van der Waals surface area contributed by atoms with Gasteiger partial charge in [0.15, 0.2) is 0 Å². The van der Waals surface area contributed by atoms with Crippen molar-refractivity contribution in [1.82, 2.24) is 20.2 Å². The number of thiophene rings is 1. The van der Waals surface area contributed by atoms with Gasteiger partial charge in [-0.05, 0) is 57.2 Å². The standard InChI is InChI=1S/C18H27N5S.ClH/c1-2-9-23(12-7-8-20-10-12)11-15-21-17(19)16-13-5-3-4-6-14(13)24-18(16)22-15;/h12,20H,2-11H2,1H3,(H2,19,21,22);1H. The number of halogens is 1. The molecule has 1 fully saturated rings. The van der Waals surface area contributed by atoms with Gasteiger partial charge in [-0.15, -0.1) is 23.7 Å². The van der Waals surface area contributed by atoms with E-state index in [1.807, 2.05) is 11.3 Å². The summed E-state index contributed by atoms with van der Waals surface area (Å²) in [5.74, 6) is 1.58. The van der Waals surface area contributed by atoms with Gasteiger partial charge >= 0.3 is 0 Å². The van der Waals surface area contributed by atoms with Gasteiger partial charge in [-0.3, -0.25) is 4.90 Å². The van der Waals surface area contributed by atoms with Crippen LogP contribution in [0.5, 0.6) is 0 Å². The Balaban J connectivity index is 0.00000182. The molecule has 7 heteroatoms. The van der Waals surface area contributed by atoms with Crippen LogP contribution in [-0.2, 0) is 19.4 Å². The summed E-state index contributed by atoms with van der Waals surface area (Å²) in [5, 5.41) is 4.61. The highest BCUT2D eigenvalue weighted by Crippen LogP contribution is 2.37. The molecule has 0 spiro atoms. The van der Waals surface area contributed by atoms with E-state index in [9.17, 15) is 0 Å². The molecule has 0 amide bonds. The van der Waals surface area contributed by atoms with Crippen molar-refractivity contribution < 1.29 is 0 Å². The molecule has 0 aromatic carbocycles. The number of hydrogen-bond donors (Lipinski definition) is 2. The van der Waals surface area contributed by atoms with Crippen LogP contribution in [-0.4, -0.2) is 40.5 Å². The number of fused-ring (bicyclic) bond motifs is 3. The molecule has 1 aliphatic carbocycles. The van der Waals surface area contributed by atoms with Crippen molar-refractivity contribution in [1.29, 1.82) is 0 Å². The number of anilines is 1. The molecule has 0 bridgehead atoms. The van der Waals surface area contributed by atoms with Crippen molar-refractivity contribution in [3.05, 3.63) is 16.3 Å². The summed E-state index contributed by atoms with van der Waals surface area (Å²) in [4.78, 5) is 14.7. The second-order valence-electron chi connectivity index (χ2n) is 7.03. The zero-order valence-electron chi connectivity index (χ0n) is 14.9. The summed E-state index contributed by atoms with van der Waals surface area (Å²) in [6, 6.07) is 0.599. The Morgan fingerprint density at radius 2 is 2.12 bits per heavy atom. The van der Waals surface area contributed by atoms with Crippen LogP contribution < -0.4 is 11.1 Å². The van der Waals surface area contributed by atoms with E-state index in [4.69, 9.17) is 10.7 Å². The first kappa shape index (κ1) is 18.8. The van der Waals surface area contributed by atoms with E-state index in [2.05, 4.69) is 22.1 Å². The predicted octanol–water partition coefficient (Wildman–Crippen LogP) is 3.15. The van der Waals surface area contributed by atoms with Gasteiger partial charge in [-0.2, -0.15) is 0 Å². The molecule has 5 nitrogen and oxygen atoms in total. The van der Waals surface area contributed by atoms with E-state index < -0.39 is 0 Å². The predicted molar refractivity (Wildman–Crippen MR) is 108 cm³/mol. The minimum absolute atomic E-state index is 0. The Bertz CT molecular complexity index is 726. The maximum atomic E-state index is 6.35. The first-order chi connectivity index (χ1) is 11.8. The highest BCUT2D eigenvalue weighted by molar-refractivity contribution is 7.19. The fourth-order valence-electron chi connectivity index (χ4n) is 4.11. The van der Waals surface area contributed by atoms with E-state index in [-0.39, 0.29) is 12.4 Å². The van der Waals surface area contributed by atoms with Gasteiger partial charge in [0.1, 0.15) is 16.5 Å². The number of hydrogen-bond acceptors (Lipinski definition) is 6. The van der Waals surface area contributed by atoms with Crippen LogP contribution in [0.2, 0.25) is 0 Å². The van der Waals surface area contributed by atoms with Crippen LogP contribution in [0.1, 0.15) is 48.9 Å². The van der Waals surface area contributed by atoms with Crippen molar-refractivity contribution in [2.45, 2.75) is 58.0 Å². The van der Waals surface area contributed by atoms with Crippen molar-refractivity contribution in [3.63, 3.8) is 0 Å². The molecule has 2 aromatic heterocycles. The van der Waals surface area contributed by atoms with Gasteiger partial charge < -0.3 is 11.1 Å². The second kappa shape index (κ2) is 8.16. The van der Waals surface area contributed by atoms with Crippen molar-refractivity contribution in [3.8, 4) is 0 Å². The fraction of sp³-hybridized carbons (Fsp3) is 0.667. The lowest BCUT2D eigenvalue weighted by atomic mass is 9.97. The lowest BCUT2D eigenvalue weighted by molar-refractivity contribution is 0.195. The monoisotopic (exact) mass is 381 g/mol. The maximum absolute atomic E-state index is 6.35. The number of nitrogens with one attached hydrogen (secondary N) is 1. The molecule has 25 heavy (non-hydrogen) atoms. The van der Waals surface area contributed by atoms with Crippen molar-refractivity contribution in [2.24, 2.45) is 0 Å². The highest BCUT2D eigenvalue weighted by atomic mass is 35.5. The summed E-state index contributed by atoms with van der Waals surface area (Å²) in [6.45, 7) is 6.33. The number of rotatable bonds is 5. The van der Waals surface area contributed by atoms with Gasteiger partial charge in [-0.1, -0.05) is 6.92 Å². The molecule has 4 rings (SSSR count). The molecular formula is C18H28ClN5S. The molecule has 138 valence electrons. The average Bonchev–Trinajstić information content (AvgIpc) is 3.22. The van der Waals surface area contributed by atoms with Gasteiger partial charge in [0.05, 0.1) is 11.9 Å². The summed E-state index contributed by atoms with van der Waals surface area (Å²) >= 11 is 1.84. The van der Waals surface area contributed by atoms with Gasteiger partial charge in [-0.25, -0.2) is 9.97 Å². The van der Waals surface area contributed by atoms with E-state index in [0.29, 0.717) is 11.9 Å². The van der Waals surface area contributed by atoms with E-state index >= 15 is 0 Å². The van der Waals surface area contributed by atoms with Gasteiger partial charge in [0, 0.05) is 17.5 Å². The highest BCUT2D eigenvalue weighted by Gasteiger charge is 2.24. The van der Waals surface area contributed by atoms with E-state index in [1.54, 1.807) is 0 Å². The summed E-state index contributed by atoms with van der Waals surface area (Å²) in [7, 11) is 0. The minimum Gasteiger partial charge on any atom is -0.383 e. The molecule has 1 atom stereocenters. The summed E-state index contributed by atoms with van der Waals surface area (Å²) in [5.41, 5.74) is 7.78. The Kier molecular flexibility index (Phi) is 6.15. The smallest absolute Gasteiger partial charge is 0.146 e. The normalized spacial score (nSPS) is 20.0. The van der Waals surface area contributed by atoms with Crippen molar-refractivity contribution >= 4 is 39.8 Å². The first-order valence-electron chi connectivity index (χ1n) is 9.27. The SMILES string of the molecule is CCCN(Cc1nc(N)c2c3c(sc2n1)CCCC3)C1CCNC1.Cl. The first-order valence-corrected chi connectivity index (χ1v) is 10.1. The second-order valence-corrected chi connectivity index (χ2v) is 8.12. The molecule has 1 saturated heterocycles. The third-order valence-electron chi connectivity index (χ3n) is 5.30. The molecule has 2 aliphatic rings. The summed E-state index contributed by atoms with van der Waals surface area (Å²) < 4.78 is 0. The fourth-order valence-corrected chi connectivity index (χ4v) is 5.40. The van der Waals surface area contributed by atoms with Crippen LogP contribution in [0.25, 0.3) is 10.2 Å². The van der Waals surface area contributed by atoms with Gasteiger partial charge in [0.2, 0.25) is 0 Å². The van der Waals surface area contributed by atoms with Crippen LogP contribution >= 0.6 is 23.7 Å². The van der Waals surface area contributed by atoms with Crippen LogP contribution in [0.15, 0.2) is 0 Å². The minimum atomic E-state index is 0.